The van der Waals surface area contributed by atoms with Crippen LogP contribution in [0, 0.1) is 0 Å². The Morgan fingerprint density at radius 3 is 2.76 bits per heavy atom. The summed E-state index contributed by atoms with van der Waals surface area (Å²) in [5, 5.41) is 4.88. The van der Waals surface area contributed by atoms with E-state index >= 15 is 0 Å². The summed E-state index contributed by atoms with van der Waals surface area (Å²) in [6.07, 6.45) is 3.62. The Morgan fingerprint density at radius 2 is 2.07 bits per heavy atom. The van der Waals surface area contributed by atoms with Crippen molar-refractivity contribution >= 4 is 50.5 Å². The fraction of sp³-hybridized carbons (Fsp3) is 0.368. The van der Waals surface area contributed by atoms with Gasteiger partial charge in [-0.25, -0.2) is 13.1 Å². The molecule has 2 heterocycles. The van der Waals surface area contributed by atoms with E-state index in [4.69, 9.17) is 11.6 Å². The monoisotopic (exact) mass is 455 g/mol. The first kappa shape index (κ1) is 21.8. The average Bonchev–Trinajstić information content (AvgIpc) is 3.22. The minimum absolute atomic E-state index is 0.181. The van der Waals surface area contributed by atoms with Crippen LogP contribution in [0.25, 0.3) is 0 Å². The number of carbonyl (C=O) groups excluding carboxylic acids is 2. The van der Waals surface area contributed by atoms with E-state index in [-0.39, 0.29) is 24.4 Å². The molecule has 0 saturated carbocycles. The number of nitrogens with zero attached hydrogens (tertiary/aromatic N) is 1. The molecule has 29 heavy (non-hydrogen) atoms. The second-order valence-electron chi connectivity index (χ2n) is 6.89. The molecule has 1 aromatic carbocycles. The highest BCUT2D eigenvalue weighted by Gasteiger charge is 2.28. The van der Waals surface area contributed by atoms with E-state index in [9.17, 15) is 18.0 Å². The molecule has 0 aliphatic carbocycles. The Balaban J connectivity index is 1.77. The average molecular weight is 456 g/mol. The van der Waals surface area contributed by atoms with Crippen molar-refractivity contribution in [3.8, 4) is 0 Å². The fourth-order valence-corrected chi connectivity index (χ4v) is 4.52. The first-order valence-corrected chi connectivity index (χ1v) is 12.3. The van der Waals surface area contributed by atoms with E-state index in [0.717, 1.165) is 25.5 Å². The maximum Gasteiger partial charge on any atom is 0.265 e. The van der Waals surface area contributed by atoms with Crippen LogP contribution in [-0.2, 0) is 10.0 Å². The molecule has 1 unspecified atom stereocenters. The molecule has 1 fully saturated rings. The van der Waals surface area contributed by atoms with E-state index in [1.54, 1.807) is 40.6 Å². The van der Waals surface area contributed by atoms with Crippen molar-refractivity contribution < 1.29 is 18.0 Å². The molecule has 3 rings (SSSR count). The first-order chi connectivity index (χ1) is 13.7. The van der Waals surface area contributed by atoms with Crippen LogP contribution in [-0.4, -0.2) is 50.5 Å². The second kappa shape index (κ2) is 9.25. The predicted molar refractivity (Wildman–Crippen MR) is 115 cm³/mol. The van der Waals surface area contributed by atoms with Crippen LogP contribution in [0.2, 0.25) is 5.02 Å². The Hall–Kier alpha value is -1.94. The van der Waals surface area contributed by atoms with Gasteiger partial charge in [0.2, 0.25) is 10.0 Å². The second-order valence-corrected chi connectivity index (χ2v) is 10.1. The quantitative estimate of drug-likeness (QED) is 0.699. The lowest BCUT2D eigenvalue weighted by Gasteiger charge is -2.36. The number of halogens is 1. The summed E-state index contributed by atoms with van der Waals surface area (Å²) in [5.74, 6) is -0.506. The van der Waals surface area contributed by atoms with Gasteiger partial charge in [0.15, 0.2) is 0 Å². The Kier molecular flexibility index (Phi) is 6.94. The number of sulfonamides is 1. The van der Waals surface area contributed by atoms with Gasteiger partial charge in [0.25, 0.3) is 11.8 Å². The highest BCUT2D eigenvalue weighted by atomic mass is 35.5. The van der Waals surface area contributed by atoms with Crippen molar-refractivity contribution in [2.24, 2.45) is 0 Å². The van der Waals surface area contributed by atoms with Gasteiger partial charge in [0, 0.05) is 24.7 Å². The van der Waals surface area contributed by atoms with Gasteiger partial charge >= 0.3 is 0 Å². The molecule has 2 N–H and O–H groups in total. The van der Waals surface area contributed by atoms with Crippen LogP contribution >= 0.6 is 22.9 Å². The normalized spacial score (nSPS) is 17.2. The van der Waals surface area contributed by atoms with E-state index in [1.807, 2.05) is 0 Å². The number of thiophene rings is 1. The van der Waals surface area contributed by atoms with Crippen molar-refractivity contribution in [3.63, 3.8) is 0 Å². The lowest BCUT2D eigenvalue weighted by atomic mass is 10.0. The number of benzene rings is 1. The van der Waals surface area contributed by atoms with E-state index in [0.29, 0.717) is 27.7 Å². The summed E-state index contributed by atoms with van der Waals surface area (Å²) in [5.41, 5.74) is 0.751. The summed E-state index contributed by atoms with van der Waals surface area (Å²) in [4.78, 5) is 27.7. The molecule has 7 nitrogen and oxygen atoms in total. The first-order valence-electron chi connectivity index (χ1n) is 9.14. The van der Waals surface area contributed by atoms with Crippen molar-refractivity contribution in [2.45, 2.75) is 25.3 Å². The van der Waals surface area contributed by atoms with Gasteiger partial charge in [0.1, 0.15) is 0 Å². The van der Waals surface area contributed by atoms with Crippen LogP contribution in [0.5, 0.6) is 0 Å². The molecule has 1 aliphatic rings. The Morgan fingerprint density at radius 1 is 1.28 bits per heavy atom. The fourth-order valence-electron chi connectivity index (χ4n) is 3.24. The molecule has 156 valence electrons. The van der Waals surface area contributed by atoms with E-state index in [2.05, 4.69) is 10.0 Å². The molecular formula is C19H22ClN3O4S2. The summed E-state index contributed by atoms with van der Waals surface area (Å²) in [7, 11) is -3.34. The van der Waals surface area contributed by atoms with Crippen molar-refractivity contribution in [1.82, 2.24) is 9.62 Å². The van der Waals surface area contributed by atoms with Crippen molar-refractivity contribution in [1.29, 1.82) is 0 Å². The van der Waals surface area contributed by atoms with Gasteiger partial charge in [-0.3, -0.25) is 9.59 Å². The van der Waals surface area contributed by atoms with Crippen molar-refractivity contribution in [3.05, 3.63) is 51.2 Å². The molecule has 1 aromatic heterocycles. The molecular weight excluding hydrogens is 434 g/mol. The molecule has 0 radical (unpaired) electrons. The predicted octanol–water partition coefficient (Wildman–Crippen LogP) is 3.20. The van der Waals surface area contributed by atoms with Gasteiger partial charge in [-0.2, -0.15) is 0 Å². The minimum Gasteiger partial charge on any atom is -0.334 e. The van der Waals surface area contributed by atoms with E-state index < -0.39 is 10.0 Å². The molecule has 0 bridgehead atoms. The van der Waals surface area contributed by atoms with Crippen LogP contribution in [0.4, 0.5) is 5.69 Å². The number of likely N-dealkylation sites (tertiary alicyclic amines) is 1. The number of hydrogen-bond acceptors (Lipinski definition) is 5. The summed E-state index contributed by atoms with van der Waals surface area (Å²) >= 11 is 7.52. The largest absolute Gasteiger partial charge is 0.334 e. The Bertz CT molecular complexity index is 993. The van der Waals surface area contributed by atoms with Gasteiger partial charge < -0.3 is 10.2 Å². The molecule has 0 spiro atoms. The number of anilines is 1. The number of amides is 2. The zero-order valence-electron chi connectivity index (χ0n) is 15.9. The highest BCUT2D eigenvalue weighted by Crippen LogP contribution is 2.27. The number of hydrogen-bond donors (Lipinski definition) is 2. The minimum atomic E-state index is -3.34. The molecule has 1 saturated heterocycles. The summed E-state index contributed by atoms with van der Waals surface area (Å²) < 4.78 is 25.4. The maximum atomic E-state index is 13.1. The van der Waals surface area contributed by atoms with Crippen LogP contribution in [0.15, 0.2) is 35.7 Å². The van der Waals surface area contributed by atoms with Gasteiger partial charge in [-0.1, -0.05) is 17.7 Å². The number of rotatable bonds is 6. The third-order valence-corrected chi connectivity index (χ3v) is 6.56. The summed E-state index contributed by atoms with van der Waals surface area (Å²) in [6.45, 7) is 0.731. The summed E-state index contributed by atoms with van der Waals surface area (Å²) in [6, 6.07) is 8.02. The lowest BCUT2D eigenvalue weighted by molar-refractivity contribution is 0.0618. The zero-order chi connectivity index (χ0) is 21.0. The SMILES string of the molecule is CS(=O)(=O)NCC1CCCCN1C(=O)c1ccc(Cl)c(NC(=O)c2cccs2)c1. The topological polar surface area (TPSA) is 95.6 Å². The zero-order valence-corrected chi connectivity index (χ0v) is 18.2. The molecule has 2 amide bonds. The molecule has 1 atom stereocenters. The van der Waals surface area contributed by atoms with Crippen LogP contribution < -0.4 is 10.0 Å². The van der Waals surface area contributed by atoms with Gasteiger partial charge in [-0.15, -0.1) is 11.3 Å². The highest BCUT2D eigenvalue weighted by molar-refractivity contribution is 7.88. The van der Waals surface area contributed by atoms with E-state index in [1.165, 1.54) is 11.3 Å². The number of carbonyl (C=O) groups is 2. The standard InChI is InChI=1S/C19H22ClN3O4S2/c1-29(26,27)21-12-14-5-2-3-9-23(14)19(25)13-7-8-15(20)16(11-13)22-18(24)17-6-4-10-28-17/h4,6-8,10-11,14,21H,2-3,5,9,12H2,1H3,(H,22,24). The third kappa shape index (κ3) is 5.79. The number of piperidine rings is 1. The molecule has 2 aromatic rings. The molecule has 1 aliphatic heterocycles. The third-order valence-electron chi connectivity index (χ3n) is 4.68. The van der Waals surface area contributed by atoms with Gasteiger partial charge in [0.05, 0.1) is 21.8 Å². The van der Waals surface area contributed by atoms with Crippen molar-refractivity contribution in [2.75, 3.05) is 24.7 Å². The maximum absolute atomic E-state index is 13.1. The van der Waals surface area contributed by atoms with Crippen LogP contribution in [0.1, 0.15) is 39.3 Å². The smallest absolute Gasteiger partial charge is 0.265 e. The van der Waals surface area contributed by atoms with Crippen LogP contribution in [0.3, 0.4) is 0 Å². The number of nitrogens with one attached hydrogen (secondary N) is 2. The Labute approximate surface area is 179 Å². The van der Waals surface area contributed by atoms with Gasteiger partial charge in [-0.05, 0) is 48.9 Å². The molecule has 10 heteroatoms. The lowest BCUT2D eigenvalue weighted by Crippen LogP contribution is -2.49.